The Balaban J connectivity index is 1.60. The summed E-state index contributed by atoms with van der Waals surface area (Å²) in [6.45, 7) is 0.937. The zero-order valence-electron chi connectivity index (χ0n) is 15.2. The second-order valence-corrected chi connectivity index (χ2v) is 7.28. The molecule has 3 heterocycles. The second-order valence-electron chi connectivity index (χ2n) is 7.28. The van der Waals surface area contributed by atoms with Gasteiger partial charge in [0.05, 0.1) is 37.0 Å². The highest BCUT2D eigenvalue weighted by Crippen LogP contribution is 2.30. The number of carbonyl (C=O) groups is 1. The molecule has 4 rings (SSSR count). The van der Waals surface area contributed by atoms with Gasteiger partial charge in [-0.3, -0.25) is 4.90 Å². The quantitative estimate of drug-likeness (QED) is 0.773. The summed E-state index contributed by atoms with van der Waals surface area (Å²) >= 11 is 0. The molecule has 6 nitrogen and oxygen atoms in total. The number of aryl methyl sites for hydroxylation is 1. The number of aromatic nitrogens is 1. The van der Waals surface area contributed by atoms with E-state index in [1.165, 1.54) is 0 Å². The van der Waals surface area contributed by atoms with Gasteiger partial charge in [-0.1, -0.05) is 0 Å². The Morgan fingerprint density at radius 1 is 1.37 bits per heavy atom. The Labute approximate surface area is 157 Å². The molecule has 27 heavy (non-hydrogen) atoms. The number of piperidine rings is 1. The summed E-state index contributed by atoms with van der Waals surface area (Å²) in [4.78, 5) is 15.2. The average molecular weight is 371 g/mol. The summed E-state index contributed by atoms with van der Waals surface area (Å²) in [7, 11) is 2.09. The fraction of sp³-hybridized carbons (Fsp3) is 0.500. The first-order valence-electron chi connectivity index (χ1n) is 9.20. The molecule has 0 amide bonds. The maximum absolute atomic E-state index is 12.9. The van der Waals surface area contributed by atoms with E-state index in [9.17, 15) is 9.18 Å². The molecule has 2 aliphatic heterocycles. The third kappa shape index (κ3) is 3.31. The van der Waals surface area contributed by atoms with Crippen LogP contribution in [0.5, 0.6) is 0 Å². The van der Waals surface area contributed by atoms with E-state index in [1.54, 1.807) is 29.0 Å². The number of likely N-dealkylation sites (N-methyl/N-ethyl adjacent to an activating group) is 1. The fourth-order valence-electron chi connectivity index (χ4n) is 4.16. The van der Waals surface area contributed by atoms with Crippen LogP contribution in [-0.4, -0.2) is 60.6 Å². The highest BCUT2D eigenvalue weighted by molar-refractivity contribution is 6.04. The monoisotopic (exact) mass is 371 g/mol. The van der Waals surface area contributed by atoms with Crippen molar-refractivity contribution >= 4 is 16.9 Å². The van der Waals surface area contributed by atoms with Crippen LogP contribution in [0.3, 0.4) is 0 Å². The largest absolute Gasteiger partial charge is 0.459 e. The summed E-state index contributed by atoms with van der Waals surface area (Å²) < 4.78 is 26.0. The molecule has 0 saturated carbocycles. The van der Waals surface area contributed by atoms with Crippen molar-refractivity contribution in [2.45, 2.75) is 37.6 Å². The highest BCUT2D eigenvalue weighted by Gasteiger charge is 2.38. The van der Waals surface area contributed by atoms with Crippen molar-refractivity contribution < 1.29 is 18.7 Å². The van der Waals surface area contributed by atoms with Gasteiger partial charge in [0, 0.05) is 42.0 Å². The van der Waals surface area contributed by atoms with Gasteiger partial charge in [-0.05, 0) is 25.2 Å². The van der Waals surface area contributed by atoms with Gasteiger partial charge in [-0.15, -0.1) is 0 Å². The minimum atomic E-state index is -0.531. The number of alkyl halides is 1. The lowest BCUT2D eigenvalue weighted by atomic mass is 9.92. The molecule has 2 saturated heterocycles. The van der Waals surface area contributed by atoms with Crippen LogP contribution >= 0.6 is 0 Å². The van der Waals surface area contributed by atoms with Crippen LogP contribution in [0.4, 0.5) is 4.39 Å². The Morgan fingerprint density at radius 2 is 2.11 bits per heavy atom. The predicted molar refractivity (Wildman–Crippen MR) is 97.2 cm³/mol. The number of rotatable bonds is 4. The van der Waals surface area contributed by atoms with Crippen molar-refractivity contribution in [3.05, 3.63) is 35.5 Å². The van der Waals surface area contributed by atoms with Gasteiger partial charge >= 0.3 is 5.97 Å². The van der Waals surface area contributed by atoms with Gasteiger partial charge in [0.1, 0.15) is 12.8 Å². The first-order valence-corrected chi connectivity index (χ1v) is 9.20. The molecule has 0 radical (unpaired) electrons. The topological polar surface area (TPSA) is 67.5 Å². The van der Waals surface area contributed by atoms with Crippen LogP contribution in [0.15, 0.2) is 24.4 Å². The molecule has 1 aromatic carbocycles. The van der Waals surface area contributed by atoms with Crippen LogP contribution in [0.1, 0.15) is 28.8 Å². The minimum Gasteiger partial charge on any atom is -0.459 e. The van der Waals surface area contributed by atoms with E-state index in [0.29, 0.717) is 29.7 Å². The minimum absolute atomic E-state index is 0.158. The standard InChI is InChI=1S/C20H22FN3O3/c1-23-14-7-16(8-15(23)12-26-11-14)27-20(25)18-10-24(5-4-21)19-3-2-13(9-22)6-17(18)19/h2-3,6,10,14-16H,4-5,7-8,11-12H2,1H3. The molecule has 0 N–H and O–H groups in total. The normalized spacial score (nSPS) is 25.3. The van der Waals surface area contributed by atoms with E-state index in [1.807, 2.05) is 0 Å². The lowest BCUT2D eigenvalue weighted by Crippen LogP contribution is -2.56. The lowest BCUT2D eigenvalue weighted by Gasteiger charge is -2.46. The van der Waals surface area contributed by atoms with Crippen molar-refractivity contribution in [3.8, 4) is 6.07 Å². The van der Waals surface area contributed by atoms with Crippen LogP contribution in [-0.2, 0) is 16.0 Å². The van der Waals surface area contributed by atoms with Crippen LogP contribution in [0.25, 0.3) is 10.9 Å². The van der Waals surface area contributed by atoms with Crippen molar-refractivity contribution in [3.63, 3.8) is 0 Å². The van der Waals surface area contributed by atoms with E-state index >= 15 is 0 Å². The first kappa shape index (κ1) is 18.0. The Morgan fingerprint density at radius 3 is 2.78 bits per heavy atom. The van der Waals surface area contributed by atoms with Gasteiger partial charge < -0.3 is 14.0 Å². The summed E-state index contributed by atoms with van der Waals surface area (Å²) in [5.74, 6) is -0.416. The molecule has 142 valence electrons. The lowest BCUT2D eigenvalue weighted by molar-refractivity contribution is -0.0970. The van der Waals surface area contributed by atoms with Crippen molar-refractivity contribution in [1.29, 1.82) is 5.26 Å². The number of benzene rings is 1. The molecule has 7 heteroatoms. The summed E-state index contributed by atoms with van der Waals surface area (Å²) in [6, 6.07) is 7.68. The van der Waals surface area contributed by atoms with Crippen molar-refractivity contribution in [1.82, 2.24) is 9.47 Å². The number of hydrogen-bond donors (Lipinski definition) is 0. The number of ether oxygens (including phenoxy) is 2. The molecular formula is C20H22FN3O3. The van der Waals surface area contributed by atoms with Gasteiger partial charge in [0.15, 0.2) is 0 Å². The van der Waals surface area contributed by atoms with Gasteiger partial charge in [0.25, 0.3) is 0 Å². The van der Waals surface area contributed by atoms with E-state index < -0.39 is 12.6 Å². The molecule has 2 fully saturated rings. The maximum Gasteiger partial charge on any atom is 0.340 e. The Kier molecular flexibility index (Phi) is 4.85. The number of morpholine rings is 1. The highest BCUT2D eigenvalue weighted by atomic mass is 19.1. The first-order chi connectivity index (χ1) is 13.1. The molecule has 2 aliphatic rings. The molecule has 2 aromatic rings. The average Bonchev–Trinajstić information content (AvgIpc) is 3.01. The second kappa shape index (κ2) is 7.29. The molecule has 0 aliphatic carbocycles. The smallest absolute Gasteiger partial charge is 0.340 e. The zero-order valence-corrected chi connectivity index (χ0v) is 15.2. The molecule has 2 bridgehead atoms. The fourth-order valence-corrected chi connectivity index (χ4v) is 4.16. The number of halogens is 1. The van der Waals surface area contributed by atoms with Crippen LogP contribution < -0.4 is 0 Å². The number of fused-ring (bicyclic) bond motifs is 3. The number of esters is 1. The third-order valence-electron chi connectivity index (χ3n) is 5.67. The van der Waals surface area contributed by atoms with E-state index in [4.69, 9.17) is 14.7 Å². The molecular weight excluding hydrogens is 349 g/mol. The number of nitriles is 1. The third-order valence-corrected chi connectivity index (χ3v) is 5.67. The zero-order chi connectivity index (χ0) is 19.0. The summed E-state index contributed by atoms with van der Waals surface area (Å²) in [5.41, 5.74) is 1.57. The van der Waals surface area contributed by atoms with E-state index in [2.05, 4.69) is 18.0 Å². The van der Waals surface area contributed by atoms with Crippen LogP contribution in [0.2, 0.25) is 0 Å². The molecule has 1 aromatic heterocycles. The maximum atomic E-state index is 12.9. The predicted octanol–water partition coefficient (Wildman–Crippen LogP) is 2.50. The van der Waals surface area contributed by atoms with E-state index in [-0.39, 0.29) is 24.7 Å². The molecule has 2 unspecified atom stereocenters. The van der Waals surface area contributed by atoms with Crippen molar-refractivity contribution in [2.75, 3.05) is 26.9 Å². The van der Waals surface area contributed by atoms with Crippen molar-refractivity contribution in [2.24, 2.45) is 0 Å². The molecule has 2 atom stereocenters. The number of nitrogens with zero attached hydrogens (tertiary/aromatic N) is 3. The SMILES string of the molecule is CN1C2COCC1CC(OC(=O)c1cn(CCF)c3ccc(C#N)cc13)C2. The molecule has 0 spiro atoms. The number of carbonyl (C=O) groups excluding carboxylic acids is 1. The van der Waals surface area contributed by atoms with Crippen LogP contribution in [0, 0.1) is 11.3 Å². The van der Waals surface area contributed by atoms with Gasteiger partial charge in [-0.2, -0.15) is 5.26 Å². The Bertz CT molecular complexity index is 890. The summed E-state index contributed by atoms with van der Waals surface area (Å²) in [5, 5.41) is 9.79. The Hall–Kier alpha value is -2.43. The van der Waals surface area contributed by atoms with Gasteiger partial charge in [-0.25, -0.2) is 9.18 Å². The van der Waals surface area contributed by atoms with E-state index in [0.717, 1.165) is 18.4 Å². The number of hydrogen-bond acceptors (Lipinski definition) is 5. The summed E-state index contributed by atoms with van der Waals surface area (Å²) in [6.07, 6.45) is 2.95. The van der Waals surface area contributed by atoms with Gasteiger partial charge in [0.2, 0.25) is 0 Å².